The summed E-state index contributed by atoms with van der Waals surface area (Å²) in [6, 6.07) is 10.3. The first kappa shape index (κ1) is 20.2. The second kappa shape index (κ2) is 8.23. The minimum absolute atomic E-state index is 0. The van der Waals surface area contributed by atoms with Crippen LogP contribution in [0.3, 0.4) is 0 Å². The van der Waals surface area contributed by atoms with Crippen molar-refractivity contribution in [1.29, 1.82) is 0 Å². The van der Waals surface area contributed by atoms with Crippen molar-refractivity contribution >= 4 is 41.5 Å². The van der Waals surface area contributed by atoms with Gasteiger partial charge in [0.15, 0.2) is 5.96 Å². The highest BCUT2D eigenvalue weighted by molar-refractivity contribution is 14.0. The molecule has 0 bridgehead atoms. The largest absolute Gasteiger partial charge is 0.356 e. The summed E-state index contributed by atoms with van der Waals surface area (Å²) in [6.07, 6.45) is 6.40. The van der Waals surface area contributed by atoms with Crippen LogP contribution in [0.5, 0.6) is 0 Å². The van der Waals surface area contributed by atoms with Crippen molar-refractivity contribution in [2.75, 3.05) is 20.1 Å². The summed E-state index contributed by atoms with van der Waals surface area (Å²) >= 11 is 6.18. The maximum absolute atomic E-state index is 6.18. The summed E-state index contributed by atoms with van der Waals surface area (Å²) in [4.78, 5) is 7.12. The summed E-state index contributed by atoms with van der Waals surface area (Å²) < 4.78 is 0. The van der Waals surface area contributed by atoms with Gasteiger partial charge in [0.25, 0.3) is 0 Å². The summed E-state index contributed by atoms with van der Waals surface area (Å²) in [6.45, 7) is 4.42. The number of likely N-dealkylation sites (tertiary alicyclic amines) is 1. The molecule has 3 aliphatic rings. The van der Waals surface area contributed by atoms with Gasteiger partial charge in [-0.25, -0.2) is 0 Å². The lowest BCUT2D eigenvalue weighted by Gasteiger charge is -2.22. The molecule has 2 N–H and O–H groups in total. The topological polar surface area (TPSA) is 39.7 Å². The minimum atomic E-state index is 0. The van der Waals surface area contributed by atoms with Crippen LogP contribution in [-0.2, 0) is 5.41 Å². The molecule has 1 saturated heterocycles. The number of aliphatic imine (C=N–C) groups is 1. The molecule has 2 saturated carbocycles. The van der Waals surface area contributed by atoms with Crippen molar-refractivity contribution in [1.82, 2.24) is 15.5 Å². The molecule has 26 heavy (non-hydrogen) atoms. The molecule has 0 spiro atoms. The van der Waals surface area contributed by atoms with E-state index in [1.807, 2.05) is 13.1 Å². The fourth-order valence-electron chi connectivity index (χ4n) is 4.25. The summed E-state index contributed by atoms with van der Waals surface area (Å²) in [5.41, 5.74) is 1.57. The van der Waals surface area contributed by atoms with Crippen LogP contribution in [0.4, 0.5) is 0 Å². The second-order valence-corrected chi connectivity index (χ2v) is 8.51. The van der Waals surface area contributed by atoms with E-state index in [0.717, 1.165) is 30.1 Å². The number of nitrogens with one attached hydrogen (secondary N) is 2. The SMILES string of the molecule is CN=C(NCC1(c2cccc(Cl)c2)CC1)NC1CC(C)N(C2CC2)C1.I. The number of halogens is 2. The van der Waals surface area contributed by atoms with E-state index in [1.54, 1.807) is 0 Å². The van der Waals surface area contributed by atoms with Crippen LogP contribution in [-0.4, -0.2) is 49.1 Å². The third kappa shape index (κ3) is 4.47. The molecule has 2 atom stereocenters. The van der Waals surface area contributed by atoms with E-state index >= 15 is 0 Å². The number of benzene rings is 1. The second-order valence-electron chi connectivity index (χ2n) is 8.07. The smallest absolute Gasteiger partial charge is 0.191 e. The molecule has 1 aromatic carbocycles. The molecule has 2 aliphatic carbocycles. The first-order valence-electron chi connectivity index (χ1n) is 9.59. The normalized spacial score (nSPS) is 27.7. The highest BCUT2D eigenvalue weighted by Gasteiger charge is 2.44. The molecular weight excluding hydrogens is 459 g/mol. The minimum Gasteiger partial charge on any atom is -0.356 e. The van der Waals surface area contributed by atoms with E-state index in [1.165, 1.54) is 37.7 Å². The fraction of sp³-hybridized carbons (Fsp3) is 0.650. The maximum Gasteiger partial charge on any atom is 0.191 e. The van der Waals surface area contributed by atoms with E-state index in [2.05, 4.69) is 45.6 Å². The predicted molar refractivity (Wildman–Crippen MR) is 120 cm³/mol. The van der Waals surface area contributed by atoms with Gasteiger partial charge >= 0.3 is 0 Å². The zero-order chi connectivity index (χ0) is 17.4. The molecule has 4 nitrogen and oxygen atoms in total. The fourth-order valence-corrected chi connectivity index (χ4v) is 4.44. The Bertz CT molecular complexity index is 657. The molecule has 144 valence electrons. The molecule has 0 radical (unpaired) electrons. The van der Waals surface area contributed by atoms with Gasteiger partial charge in [-0.3, -0.25) is 9.89 Å². The Hall–Kier alpha value is -0.530. The molecule has 4 rings (SSSR count). The number of rotatable bonds is 5. The Kier molecular flexibility index (Phi) is 6.40. The predicted octanol–water partition coefficient (Wildman–Crippen LogP) is 3.78. The monoisotopic (exact) mass is 488 g/mol. The van der Waals surface area contributed by atoms with Crippen molar-refractivity contribution in [3.05, 3.63) is 34.9 Å². The van der Waals surface area contributed by atoms with Crippen molar-refractivity contribution in [3.8, 4) is 0 Å². The number of hydrogen-bond acceptors (Lipinski definition) is 2. The Morgan fingerprint density at radius 2 is 2.12 bits per heavy atom. The van der Waals surface area contributed by atoms with Crippen molar-refractivity contribution in [2.24, 2.45) is 4.99 Å². The average molecular weight is 489 g/mol. The van der Waals surface area contributed by atoms with Crippen LogP contribution in [0, 0.1) is 0 Å². The van der Waals surface area contributed by atoms with E-state index in [9.17, 15) is 0 Å². The molecule has 2 unspecified atom stereocenters. The molecule has 1 aromatic rings. The van der Waals surface area contributed by atoms with Crippen LogP contribution in [0.25, 0.3) is 0 Å². The lowest BCUT2D eigenvalue weighted by molar-refractivity contribution is 0.256. The molecular formula is C20H30ClIN4. The zero-order valence-corrected chi connectivity index (χ0v) is 18.8. The van der Waals surface area contributed by atoms with E-state index in [0.29, 0.717) is 12.1 Å². The molecule has 0 aromatic heterocycles. The molecule has 3 fully saturated rings. The molecule has 1 aliphatic heterocycles. The number of hydrogen-bond donors (Lipinski definition) is 2. The van der Waals surface area contributed by atoms with Gasteiger partial charge in [0.05, 0.1) is 0 Å². The summed E-state index contributed by atoms with van der Waals surface area (Å²) in [7, 11) is 1.87. The van der Waals surface area contributed by atoms with Gasteiger partial charge in [-0.15, -0.1) is 24.0 Å². The quantitative estimate of drug-likeness (QED) is 0.376. The number of nitrogens with zero attached hydrogens (tertiary/aromatic N) is 2. The molecule has 0 amide bonds. The average Bonchev–Trinajstić information content (AvgIpc) is 3.51. The van der Waals surface area contributed by atoms with E-state index in [-0.39, 0.29) is 29.4 Å². The van der Waals surface area contributed by atoms with Crippen molar-refractivity contribution < 1.29 is 0 Å². The first-order chi connectivity index (χ1) is 12.1. The van der Waals surface area contributed by atoms with Gasteiger partial charge in [-0.1, -0.05) is 23.7 Å². The Morgan fingerprint density at radius 3 is 2.73 bits per heavy atom. The molecule has 1 heterocycles. The van der Waals surface area contributed by atoms with Crippen molar-refractivity contribution in [3.63, 3.8) is 0 Å². The summed E-state index contributed by atoms with van der Waals surface area (Å²) in [5.74, 6) is 0.933. The van der Waals surface area contributed by atoms with Crippen LogP contribution in [0.2, 0.25) is 5.02 Å². The van der Waals surface area contributed by atoms with Gasteiger partial charge < -0.3 is 10.6 Å². The van der Waals surface area contributed by atoms with Gasteiger partial charge in [0.2, 0.25) is 0 Å². The Morgan fingerprint density at radius 1 is 1.35 bits per heavy atom. The molecule has 6 heteroatoms. The van der Waals surface area contributed by atoms with Gasteiger partial charge in [-0.2, -0.15) is 0 Å². The Labute approximate surface area is 179 Å². The van der Waals surface area contributed by atoms with Gasteiger partial charge in [0.1, 0.15) is 0 Å². The third-order valence-corrected chi connectivity index (χ3v) is 6.32. The first-order valence-corrected chi connectivity index (χ1v) is 9.96. The highest BCUT2D eigenvalue weighted by atomic mass is 127. The lowest BCUT2D eigenvalue weighted by atomic mass is 9.96. The van der Waals surface area contributed by atoms with Crippen LogP contribution in [0.15, 0.2) is 29.3 Å². The Balaban J connectivity index is 0.00000196. The third-order valence-electron chi connectivity index (χ3n) is 6.09. The van der Waals surface area contributed by atoms with Crippen LogP contribution >= 0.6 is 35.6 Å². The van der Waals surface area contributed by atoms with Crippen LogP contribution in [0.1, 0.15) is 44.6 Å². The maximum atomic E-state index is 6.18. The van der Waals surface area contributed by atoms with Crippen LogP contribution < -0.4 is 10.6 Å². The number of guanidine groups is 1. The summed E-state index contributed by atoms with van der Waals surface area (Å²) in [5, 5.41) is 8.04. The van der Waals surface area contributed by atoms with E-state index < -0.39 is 0 Å². The standard InChI is InChI=1S/C20H29ClN4.HI/c1-14-10-17(12-25(14)18-6-7-18)24-19(22-2)23-13-20(8-9-20)15-4-3-5-16(21)11-15;/h3-5,11,14,17-18H,6-10,12-13H2,1-2H3,(H2,22,23,24);1H. The van der Waals surface area contributed by atoms with Gasteiger partial charge in [0, 0.05) is 48.7 Å². The lowest BCUT2D eigenvalue weighted by Crippen LogP contribution is -2.46. The zero-order valence-electron chi connectivity index (χ0n) is 15.7. The highest BCUT2D eigenvalue weighted by Crippen LogP contribution is 2.48. The van der Waals surface area contributed by atoms with Crippen molar-refractivity contribution in [2.45, 2.75) is 62.6 Å². The van der Waals surface area contributed by atoms with E-state index in [4.69, 9.17) is 11.6 Å². The van der Waals surface area contributed by atoms with Gasteiger partial charge in [-0.05, 0) is 56.7 Å².